The molecule has 1 aliphatic heterocycles. The van der Waals surface area contributed by atoms with Crippen LogP contribution < -0.4 is 4.90 Å². The summed E-state index contributed by atoms with van der Waals surface area (Å²) in [4.78, 5) is 23.9. The number of non-ortho nitro benzene ring substituents is 1. The van der Waals surface area contributed by atoms with Crippen LogP contribution in [0, 0.1) is 10.1 Å². The Kier molecular flexibility index (Phi) is 4.65. The molecule has 0 saturated heterocycles. The van der Waals surface area contributed by atoms with Crippen LogP contribution in [0.1, 0.15) is 5.56 Å². The first kappa shape index (κ1) is 14.4. The predicted octanol–water partition coefficient (Wildman–Crippen LogP) is 1.15. The number of fused-ring (bicyclic) bond motifs is 1. The largest absolute Gasteiger partial charge is 0.382 e. The minimum atomic E-state index is -0.462. The molecule has 0 fully saturated rings. The molecule has 20 heavy (non-hydrogen) atoms. The van der Waals surface area contributed by atoms with Crippen molar-refractivity contribution in [2.75, 3.05) is 38.4 Å². The van der Waals surface area contributed by atoms with Gasteiger partial charge in [0.1, 0.15) is 6.61 Å². The summed E-state index contributed by atoms with van der Waals surface area (Å²) in [5.74, 6) is -0.194. The molecule has 1 heterocycles. The van der Waals surface area contributed by atoms with Crippen LogP contribution >= 0.6 is 0 Å². The molecule has 0 N–H and O–H groups in total. The molecule has 0 aliphatic carbocycles. The van der Waals surface area contributed by atoms with Crippen LogP contribution in [0.25, 0.3) is 0 Å². The first-order chi connectivity index (χ1) is 9.63. The zero-order valence-electron chi connectivity index (χ0n) is 11.2. The van der Waals surface area contributed by atoms with Gasteiger partial charge >= 0.3 is 0 Å². The molecule has 1 aliphatic rings. The van der Waals surface area contributed by atoms with Crippen LogP contribution in [0.2, 0.25) is 0 Å². The number of nitro benzene ring substituents is 1. The predicted molar refractivity (Wildman–Crippen MR) is 71.8 cm³/mol. The van der Waals surface area contributed by atoms with Crippen molar-refractivity contribution in [3.8, 4) is 0 Å². The van der Waals surface area contributed by atoms with E-state index in [1.807, 2.05) is 0 Å². The Labute approximate surface area is 116 Å². The number of nitro groups is 1. The van der Waals surface area contributed by atoms with Crippen molar-refractivity contribution in [3.05, 3.63) is 33.9 Å². The first-order valence-electron chi connectivity index (χ1n) is 6.28. The Morgan fingerprint density at radius 1 is 1.45 bits per heavy atom. The number of rotatable bonds is 6. The van der Waals surface area contributed by atoms with Crippen LogP contribution in [-0.4, -0.2) is 44.3 Å². The van der Waals surface area contributed by atoms with E-state index in [0.29, 0.717) is 31.9 Å². The molecule has 1 amide bonds. The molecule has 1 aromatic rings. The molecule has 1 aromatic carbocycles. The number of hydrogen-bond acceptors (Lipinski definition) is 5. The van der Waals surface area contributed by atoms with Gasteiger partial charge in [0, 0.05) is 25.8 Å². The Balaban J connectivity index is 2.04. The minimum absolute atomic E-state index is 0.0104. The van der Waals surface area contributed by atoms with Gasteiger partial charge in [0.15, 0.2) is 0 Å². The summed E-state index contributed by atoms with van der Waals surface area (Å²) in [6, 6.07) is 4.60. The van der Waals surface area contributed by atoms with E-state index in [9.17, 15) is 14.9 Å². The summed E-state index contributed by atoms with van der Waals surface area (Å²) >= 11 is 0. The summed E-state index contributed by atoms with van der Waals surface area (Å²) in [6.07, 6.45) is 0.705. The monoisotopic (exact) mass is 280 g/mol. The number of amides is 1. The van der Waals surface area contributed by atoms with Gasteiger partial charge in [0.2, 0.25) is 0 Å². The third-order valence-electron chi connectivity index (χ3n) is 3.13. The number of ether oxygens (including phenoxy) is 2. The van der Waals surface area contributed by atoms with Gasteiger partial charge in [0.05, 0.1) is 23.8 Å². The van der Waals surface area contributed by atoms with Crippen molar-refractivity contribution < 1.29 is 19.2 Å². The lowest BCUT2D eigenvalue weighted by molar-refractivity contribution is -0.384. The molecule has 0 aromatic heterocycles. The smallest absolute Gasteiger partial charge is 0.271 e. The SMILES string of the molecule is COCCOCC(=O)N1CCc2ccc([N+](=O)[O-])cc21. The van der Waals surface area contributed by atoms with Crippen LogP contribution in [0.3, 0.4) is 0 Å². The topological polar surface area (TPSA) is 81.9 Å². The van der Waals surface area contributed by atoms with Gasteiger partial charge in [-0.15, -0.1) is 0 Å². The number of nitrogens with zero attached hydrogens (tertiary/aromatic N) is 2. The lowest BCUT2D eigenvalue weighted by Crippen LogP contribution is -2.32. The minimum Gasteiger partial charge on any atom is -0.382 e. The van der Waals surface area contributed by atoms with E-state index in [2.05, 4.69) is 0 Å². The van der Waals surface area contributed by atoms with Gasteiger partial charge < -0.3 is 14.4 Å². The normalized spacial score (nSPS) is 13.3. The second-order valence-corrected chi connectivity index (χ2v) is 4.41. The second-order valence-electron chi connectivity index (χ2n) is 4.41. The molecule has 0 spiro atoms. The Hall–Kier alpha value is -1.99. The van der Waals surface area contributed by atoms with Gasteiger partial charge in [-0.25, -0.2) is 0 Å². The van der Waals surface area contributed by atoms with Gasteiger partial charge in [0.25, 0.3) is 11.6 Å². The van der Waals surface area contributed by atoms with E-state index in [4.69, 9.17) is 9.47 Å². The van der Waals surface area contributed by atoms with Gasteiger partial charge in [-0.1, -0.05) is 6.07 Å². The van der Waals surface area contributed by atoms with Crippen LogP contribution in [0.4, 0.5) is 11.4 Å². The fraction of sp³-hybridized carbons (Fsp3) is 0.462. The maximum atomic E-state index is 12.0. The Bertz CT molecular complexity index is 517. The number of carbonyl (C=O) groups excluding carboxylic acids is 1. The molecule has 0 saturated carbocycles. The molecule has 7 heteroatoms. The highest BCUT2D eigenvalue weighted by molar-refractivity contribution is 5.96. The van der Waals surface area contributed by atoms with Gasteiger partial charge in [-0.2, -0.15) is 0 Å². The summed E-state index contributed by atoms with van der Waals surface area (Å²) in [5, 5.41) is 10.8. The molecule has 0 radical (unpaired) electrons. The number of benzene rings is 1. The maximum absolute atomic E-state index is 12.0. The quantitative estimate of drug-likeness (QED) is 0.443. The molecule has 0 bridgehead atoms. The van der Waals surface area contributed by atoms with Crippen molar-refractivity contribution in [1.82, 2.24) is 0 Å². The Morgan fingerprint density at radius 2 is 2.25 bits per heavy atom. The fourth-order valence-corrected chi connectivity index (χ4v) is 2.12. The molecule has 7 nitrogen and oxygen atoms in total. The standard InChI is InChI=1S/C13H16N2O5/c1-19-6-7-20-9-13(16)14-5-4-10-2-3-11(15(17)18)8-12(10)14/h2-3,8H,4-7,9H2,1H3. The van der Waals surface area contributed by atoms with Crippen molar-refractivity contribution in [2.45, 2.75) is 6.42 Å². The van der Waals surface area contributed by atoms with E-state index in [-0.39, 0.29) is 18.2 Å². The summed E-state index contributed by atoms with van der Waals surface area (Å²) < 4.78 is 10.0. The van der Waals surface area contributed by atoms with Crippen molar-refractivity contribution in [3.63, 3.8) is 0 Å². The molecular weight excluding hydrogens is 264 g/mol. The lowest BCUT2D eigenvalue weighted by Gasteiger charge is -2.17. The third kappa shape index (κ3) is 3.12. The highest BCUT2D eigenvalue weighted by atomic mass is 16.6. The summed E-state index contributed by atoms with van der Waals surface area (Å²) in [7, 11) is 1.56. The fourth-order valence-electron chi connectivity index (χ4n) is 2.12. The van der Waals surface area contributed by atoms with Gasteiger partial charge in [-0.05, 0) is 12.0 Å². The Morgan fingerprint density at radius 3 is 2.95 bits per heavy atom. The third-order valence-corrected chi connectivity index (χ3v) is 3.13. The van der Waals surface area contributed by atoms with E-state index in [1.54, 1.807) is 13.2 Å². The van der Waals surface area contributed by atoms with Crippen LogP contribution in [0.5, 0.6) is 0 Å². The molecular formula is C13H16N2O5. The van der Waals surface area contributed by atoms with E-state index in [1.165, 1.54) is 17.0 Å². The van der Waals surface area contributed by atoms with Crippen molar-refractivity contribution in [1.29, 1.82) is 0 Å². The van der Waals surface area contributed by atoms with E-state index in [0.717, 1.165) is 5.56 Å². The molecule has 2 rings (SSSR count). The van der Waals surface area contributed by atoms with Crippen molar-refractivity contribution in [2.24, 2.45) is 0 Å². The number of carbonyl (C=O) groups is 1. The lowest BCUT2D eigenvalue weighted by atomic mass is 10.1. The molecule has 0 atom stereocenters. The average Bonchev–Trinajstić information content (AvgIpc) is 2.86. The van der Waals surface area contributed by atoms with E-state index < -0.39 is 4.92 Å². The van der Waals surface area contributed by atoms with E-state index >= 15 is 0 Å². The van der Waals surface area contributed by atoms with Crippen LogP contribution in [0.15, 0.2) is 18.2 Å². The zero-order chi connectivity index (χ0) is 14.5. The summed E-state index contributed by atoms with van der Waals surface area (Å²) in [6.45, 7) is 1.25. The zero-order valence-corrected chi connectivity index (χ0v) is 11.2. The highest BCUT2D eigenvalue weighted by Gasteiger charge is 2.26. The second kappa shape index (κ2) is 6.44. The van der Waals surface area contributed by atoms with Crippen molar-refractivity contribution >= 4 is 17.3 Å². The number of methoxy groups -OCH3 is 1. The molecule has 0 unspecified atom stereocenters. The van der Waals surface area contributed by atoms with Crippen LogP contribution in [-0.2, 0) is 20.7 Å². The summed E-state index contributed by atoms with van der Waals surface area (Å²) in [5.41, 5.74) is 1.55. The number of hydrogen-bond donors (Lipinski definition) is 0. The number of anilines is 1. The first-order valence-corrected chi connectivity index (χ1v) is 6.28. The average molecular weight is 280 g/mol. The molecule has 108 valence electrons. The highest BCUT2D eigenvalue weighted by Crippen LogP contribution is 2.31. The van der Waals surface area contributed by atoms with Gasteiger partial charge in [-0.3, -0.25) is 14.9 Å². The maximum Gasteiger partial charge on any atom is 0.271 e.